The Morgan fingerprint density at radius 3 is 2.59 bits per heavy atom. The van der Waals surface area contributed by atoms with Gasteiger partial charge in [-0.05, 0) is 53.7 Å². The highest BCUT2D eigenvalue weighted by Gasteiger charge is 2.24. The van der Waals surface area contributed by atoms with Gasteiger partial charge in [-0.2, -0.15) is 0 Å². The van der Waals surface area contributed by atoms with Crippen LogP contribution in [-0.4, -0.2) is 18.2 Å². The van der Waals surface area contributed by atoms with Crippen molar-refractivity contribution >= 4 is 57.8 Å². The number of nitrogens with zero attached hydrogens (tertiary/aromatic N) is 1. The number of ether oxygens (including phenoxy) is 2. The average molecular weight is 485 g/mol. The number of amidine groups is 1. The maximum Gasteiger partial charge on any atom is 0.264 e. The molecule has 0 bridgehead atoms. The molecule has 0 spiro atoms. The van der Waals surface area contributed by atoms with E-state index in [-0.39, 0.29) is 12.5 Å². The molecule has 1 heterocycles. The highest BCUT2D eigenvalue weighted by Crippen LogP contribution is 2.36. The number of benzene rings is 3. The summed E-state index contributed by atoms with van der Waals surface area (Å²) in [7, 11) is 1.57. The molecule has 0 saturated carbocycles. The van der Waals surface area contributed by atoms with Crippen LogP contribution in [0.5, 0.6) is 11.5 Å². The van der Waals surface area contributed by atoms with Gasteiger partial charge < -0.3 is 14.8 Å². The minimum atomic E-state index is -0.220. The van der Waals surface area contributed by atoms with E-state index in [0.29, 0.717) is 37.2 Å². The van der Waals surface area contributed by atoms with Gasteiger partial charge in [0.2, 0.25) is 0 Å². The second-order valence-corrected chi connectivity index (χ2v) is 8.58. The number of methoxy groups -OCH3 is 1. The number of thioether (sulfide) groups is 1. The first-order valence-corrected chi connectivity index (χ1v) is 11.2. The van der Waals surface area contributed by atoms with Crippen LogP contribution in [0, 0.1) is 0 Å². The number of para-hydroxylation sites is 2. The Labute approximate surface area is 200 Å². The summed E-state index contributed by atoms with van der Waals surface area (Å²) in [6.45, 7) is 0.257. The average Bonchev–Trinajstić information content (AvgIpc) is 3.14. The topological polar surface area (TPSA) is 59.9 Å². The zero-order chi connectivity index (χ0) is 22.5. The van der Waals surface area contributed by atoms with Crippen LogP contribution in [0.15, 0.2) is 76.6 Å². The van der Waals surface area contributed by atoms with Gasteiger partial charge >= 0.3 is 0 Å². The van der Waals surface area contributed by atoms with Crippen molar-refractivity contribution in [2.24, 2.45) is 4.99 Å². The predicted octanol–water partition coefficient (Wildman–Crippen LogP) is 6.47. The van der Waals surface area contributed by atoms with Gasteiger partial charge in [0, 0.05) is 5.56 Å². The first-order chi connectivity index (χ1) is 15.5. The number of halogens is 2. The molecule has 8 heteroatoms. The van der Waals surface area contributed by atoms with Crippen LogP contribution in [0.3, 0.4) is 0 Å². The van der Waals surface area contributed by atoms with E-state index in [1.807, 2.05) is 48.5 Å². The third kappa shape index (κ3) is 5.27. The summed E-state index contributed by atoms with van der Waals surface area (Å²) < 4.78 is 11.5. The van der Waals surface area contributed by atoms with Crippen molar-refractivity contribution < 1.29 is 14.3 Å². The number of amides is 1. The standard InChI is InChI=1S/C24H18Cl2N2O3S/c1-30-20-9-5-6-16(22(20)31-14-15-10-11-18(25)19(26)12-15)13-21-23(29)28-24(32-21)27-17-7-3-2-4-8-17/h2-13H,14H2,1H3,(H,27,28,29)/b21-13-. The summed E-state index contributed by atoms with van der Waals surface area (Å²) in [5.74, 6) is 0.861. The van der Waals surface area contributed by atoms with Crippen LogP contribution in [0.4, 0.5) is 5.69 Å². The summed E-state index contributed by atoms with van der Waals surface area (Å²) in [6, 6.07) is 20.3. The summed E-state index contributed by atoms with van der Waals surface area (Å²) in [5, 5.41) is 4.26. The maximum atomic E-state index is 12.5. The highest BCUT2D eigenvalue weighted by atomic mass is 35.5. The van der Waals surface area contributed by atoms with E-state index in [9.17, 15) is 4.79 Å². The van der Waals surface area contributed by atoms with Gasteiger partial charge in [0.1, 0.15) is 6.61 Å². The molecule has 1 fully saturated rings. The van der Waals surface area contributed by atoms with E-state index >= 15 is 0 Å². The molecule has 0 aliphatic carbocycles. The Morgan fingerprint density at radius 1 is 1.03 bits per heavy atom. The third-order valence-electron chi connectivity index (χ3n) is 4.52. The zero-order valence-corrected chi connectivity index (χ0v) is 19.3. The molecule has 32 heavy (non-hydrogen) atoms. The monoisotopic (exact) mass is 484 g/mol. The van der Waals surface area contributed by atoms with Gasteiger partial charge in [-0.3, -0.25) is 4.79 Å². The fourth-order valence-corrected chi connectivity index (χ4v) is 4.14. The highest BCUT2D eigenvalue weighted by molar-refractivity contribution is 8.18. The first-order valence-electron chi connectivity index (χ1n) is 9.62. The molecule has 5 nitrogen and oxygen atoms in total. The van der Waals surface area contributed by atoms with Crippen LogP contribution in [-0.2, 0) is 11.4 Å². The Balaban J connectivity index is 1.59. The Bertz CT molecular complexity index is 1210. The minimum absolute atomic E-state index is 0.220. The van der Waals surface area contributed by atoms with Crippen LogP contribution < -0.4 is 14.8 Å². The first kappa shape index (κ1) is 22.3. The minimum Gasteiger partial charge on any atom is -0.493 e. The van der Waals surface area contributed by atoms with E-state index in [2.05, 4.69) is 10.3 Å². The Kier molecular flexibility index (Phi) is 7.05. The van der Waals surface area contributed by atoms with Crippen molar-refractivity contribution in [3.63, 3.8) is 0 Å². The quantitative estimate of drug-likeness (QED) is 0.407. The second-order valence-electron chi connectivity index (χ2n) is 6.73. The summed E-state index contributed by atoms with van der Waals surface area (Å²) in [5.41, 5.74) is 2.33. The van der Waals surface area contributed by atoms with Crippen molar-refractivity contribution in [1.82, 2.24) is 5.32 Å². The molecule has 0 aromatic heterocycles. The van der Waals surface area contributed by atoms with Gasteiger partial charge in [-0.25, -0.2) is 4.99 Å². The molecule has 4 rings (SSSR count). The molecular weight excluding hydrogens is 467 g/mol. The molecule has 1 amide bonds. The molecule has 0 atom stereocenters. The number of rotatable bonds is 6. The Hall–Kier alpha value is -2.93. The van der Waals surface area contributed by atoms with E-state index < -0.39 is 0 Å². The number of hydrogen-bond acceptors (Lipinski definition) is 5. The maximum absolute atomic E-state index is 12.5. The van der Waals surface area contributed by atoms with Gasteiger partial charge in [0.15, 0.2) is 16.7 Å². The summed E-state index contributed by atoms with van der Waals surface area (Å²) in [6.07, 6.45) is 1.76. The van der Waals surface area contributed by atoms with E-state index in [1.165, 1.54) is 11.8 Å². The lowest BCUT2D eigenvalue weighted by atomic mass is 10.1. The van der Waals surface area contributed by atoms with Crippen LogP contribution in [0.25, 0.3) is 6.08 Å². The molecule has 0 unspecified atom stereocenters. The van der Waals surface area contributed by atoms with E-state index in [1.54, 1.807) is 31.4 Å². The van der Waals surface area contributed by atoms with Crippen LogP contribution >= 0.6 is 35.0 Å². The lowest BCUT2D eigenvalue weighted by molar-refractivity contribution is -0.115. The molecular formula is C24H18Cl2N2O3S. The molecule has 3 aromatic rings. The fourth-order valence-electron chi connectivity index (χ4n) is 2.99. The van der Waals surface area contributed by atoms with Crippen LogP contribution in [0.2, 0.25) is 10.0 Å². The number of nitrogens with one attached hydrogen (secondary N) is 1. The normalized spacial score (nSPS) is 15.8. The molecule has 0 radical (unpaired) electrons. The SMILES string of the molecule is COc1cccc(/C=C2\SC(=Nc3ccccc3)NC2=O)c1OCc1ccc(Cl)c(Cl)c1. The number of carbonyl (C=O) groups excluding carboxylic acids is 1. The summed E-state index contributed by atoms with van der Waals surface area (Å²) in [4.78, 5) is 17.5. The molecule has 1 N–H and O–H groups in total. The molecule has 1 aliphatic heterocycles. The largest absolute Gasteiger partial charge is 0.493 e. The predicted molar refractivity (Wildman–Crippen MR) is 131 cm³/mol. The molecule has 3 aromatic carbocycles. The molecule has 1 aliphatic rings. The number of hydrogen-bond donors (Lipinski definition) is 1. The van der Waals surface area contributed by atoms with Crippen molar-refractivity contribution in [3.8, 4) is 11.5 Å². The van der Waals surface area contributed by atoms with E-state index in [0.717, 1.165) is 11.3 Å². The van der Waals surface area contributed by atoms with Crippen molar-refractivity contribution in [3.05, 3.63) is 92.8 Å². The number of aliphatic imine (C=N–C) groups is 1. The van der Waals surface area contributed by atoms with Gasteiger partial charge in [0.25, 0.3) is 5.91 Å². The van der Waals surface area contributed by atoms with Crippen molar-refractivity contribution in [1.29, 1.82) is 0 Å². The second kappa shape index (κ2) is 10.1. The fraction of sp³-hybridized carbons (Fsp3) is 0.0833. The number of carbonyl (C=O) groups is 1. The third-order valence-corrected chi connectivity index (χ3v) is 6.17. The smallest absolute Gasteiger partial charge is 0.264 e. The van der Waals surface area contributed by atoms with Gasteiger partial charge in [-0.1, -0.05) is 59.6 Å². The van der Waals surface area contributed by atoms with E-state index in [4.69, 9.17) is 32.7 Å². The van der Waals surface area contributed by atoms with Crippen molar-refractivity contribution in [2.45, 2.75) is 6.61 Å². The van der Waals surface area contributed by atoms with Crippen LogP contribution in [0.1, 0.15) is 11.1 Å². The van der Waals surface area contributed by atoms with Crippen molar-refractivity contribution in [2.75, 3.05) is 7.11 Å². The Morgan fingerprint density at radius 2 is 1.84 bits per heavy atom. The summed E-state index contributed by atoms with van der Waals surface area (Å²) >= 11 is 13.4. The molecule has 1 saturated heterocycles. The van der Waals surface area contributed by atoms with Gasteiger partial charge in [0.05, 0.1) is 27.7 Å². The lowest BCUT2D eigenvalue weighted by Crippen LogP contribution is -2.19. The lowest BCUT2D eigenvalue weighted by Gasteiger charge is -2.14. The molecule has 162 valence electrons. The van der Waals surface area contributed by atoms with Gasteiger partial charge in [-0.15, -0.1) is 0 Å². The zero-order valence-electron chi connectivity index (χ0n) is 17.0.